The molecule has 0 spiro atoms. The van der Waals surface area contributed by atoms with Crippen LogP contribution in [0.2, 0.25) is 0 Å². The highest BCUT2D eigenvalue weighted by molar-refractivity contribution is 7.10. The van der Waals surface area contributed by atoms with Crippen molar-refractivity contribution in [2.75, 3.05) is 0 Å². The van der Waals surface area contributed by atoms with E-state index in [-0.39, 0.29) is 6.04 Å². The lowest BCUT2D eigenvalue weighted by Crippen LogP contribution is -2.18. The van der Waals surface area contributed by atoms with E-state index in [0.717, 1.165) is 5.92 Å². The first-order valence-corrected chi connectivity index (χ1v) is 7.53. The van der Waals surface area contributed by atoms with Gasteiger partial charge in [0.15, 0.2) is 0 Å². The van der Waals surface area contributed by atoms with Crippen LogP contribution in [0.4, 0.5) is 0 Å². The molecule has 18 heavy (non-hydrogen) atoms. The highest BCUT2D eigenvalue weighted by atomic mass is 32.1. The molecule has 1 aromatic heterocycles. The van der Waals surface area contributed by atoms with Gasteiger partial charge >= 0.3 is 0 Å². The first-order valence-electron chi connectivity index (χ1n) is 6.66. The zero-order valence-electron chi connectivity index (χ0n) is 10.7. The Morgan fingerprint density at radius 1 is 1.22 bits per heavy atom. The van der Waals surface area contributed by atoms with Crippen molar-refractivity contribution < 1.29 is 0 Å². The fourth-order valence-corrected chi connectivity index (χ4v) is 3.68. The number of hydrogen-bond donors (Lipinski definition) is 1. The molecule has 0 bridgehead atoms. The highest BCUT2D eigenvalue weighted by Gasteiger charge is 2.24. The minimum atomic E-state index is 0.0433. The van der Waals surface area contributed by atoms with E-state index in [1.54, 1.807) is 11.3 Å². The molecule has 1 atom stereocenters. The van der Waals surface area contributed by atoms with Crippen LogP contribution in [0.25, 0.3) is 0 Å². The molecular weight excluding hydrogens is 238 g/mol. The second kappa shape index (κ2) is 4.87. The Kier molecular flexibility index (Phi) is 3.23. The van der Waals surface area contributed by atoms with Gasteiger partial charge in [0.25, 0.3) is 0 Å². The van der Waals surface area contributed by atoms with Crippen LogP contribution in [0.15, 0.2) is 35.7 Å². The Balaban J connectivity index is 1.98. The third kappa shape index (κ3) is 2.00. The molecule has 1 heterocycles. The number of benzene rings is 1. The molecule has 1 saturated carbocycles. The molecule has 2 heteroatoms. The van der Waals surface area contributed by atoms with E-state index in [9.17, 15) is 0 Å². The van der Waals surface area contributed by atoms with Crippen molar-refractivity contribution in [3.05, 3.63) is 57.3 Å². The quantitative estimate of drug-likeness (QED) is 0.868. The first-order chi connectivity index (χ1) is 8.77. The van der Waals surface area contributed by atoms with Crippen molar-refractivity contribution in [1.82, 2.24) is 0 Å². The van der Waals surface area contributed by atoms with Gasteiger partial charge in [-0.25, -0.2) is 0 Å². The molecule has 0 aliphatic heterocycles. The van der Waals surface area contributed by atoms with Crippen LogP contribution in [0.3, 0.4) is 0 Å². The van der Waals surface area contributed by atoms with E-state index in [0.29, 0.717) is 0 Å². The van der Waals surface area contributed by atoms with Gasteiger partial charge in [0.05, 0.1) is 6.04 Å². The molecule has 0 amide bonds. The smallest absolute Gasteiger partial charge is 0.0651 e. The van der Waals surface area contributed by atoms with Crippen LogP contribution in [0, 0.1) is 6.92 Å². The number of rotatable bonds is 3. The Bertz CT molecular complexity index is 540. The minimum absolute atomic E-state index is 0.0433. The van der Waals surface area contributed by atoms with Gasteiger partial charge in [-0.2, -0.15) is 0 Å². The summed E-state index contributed by atoms with van der Waals surface area (Å²) in [6.07, 6.45) is 4.02. The van der Waals surface area contributed by atoms with Gasteiger partial charge in [0.2, 0.25) is 0 Å². The van der Waals surface area contributed by atoms with Crippen LogP contribution in [0.5, 0.6) is 0 Å². The summed E-state index contributed by atoms with van der Waals surface area (Å²) >= 11 is 1.77. The molecule has 1 nitrogen and oxygen atoms in total. The van der Waals surface area contributed by atoms with E-state index in [4.69, 9.17) is 5.73 Å². The van der Waals surface area contributed by atoms with E-state index in [1.807, 2.05) is 0 Å². The second-order valence-electron chi connectivity index (χ2n) is 5.20. The number of thiophene rings is 1. The van der Waals surface area contributed by atoms with Gasteiger partial charge in [-0.15, -0.1) is 11.3 Å². The van der Waals surface area contributed by atoms with Crippen molar-refractivity contribution in [2.45, 2.75) is 38.1 Å². The third-order valence-electron chi connectivity index (χ3n) is 4.06. The summed E-state index contributed by atoms with van der Waals surface area (Å²) in [5.74, 6) is 0.743. The average molecular weight is 257 g/mol. The van der Waals surface area contributed by atoms with Crippen LogP contribution >= 0.6 is 11.3 Å². The largest absolute Gasteiger partial charge is 0.320 e. The Labute approximate surface area is 113 Å². The zero-order chi connectivity index (χ0) is 12.5. The summed E-state index contributed by atoms with van der Waals surface area (Å²) in [6, 6.07) is 10.9. The topological polar surface area (TPSA) is 26.0 Å². The number of nitrogens with two attached hydrogens (primary N) is 1. The summed E-state index contributed by atoms with van der Waals surface area (Å²) in [5, 5.41) is 2.14. The lowest BCUT2D eigenvalue weighted by atomic mass is 9.77. The maximum absolute atomic E-state index is 6.49. The maximum Gasteiger partial charge on any atom is 0.0651 e. The fraction of sp³-hybridized carbons (Fsp3) is 0.375. The van der Waals surface area contributed by atoms with Gasteiger partial charge in [-0.05, 0) is 53.8 Å². The first kappa shape index (κ1) is 11.9. The van der Waals surface area contributed by atoms with Gasteiger partial charge < -0.3 is 5.73 Å². The molecule has 1 aliphatic rings. The second-order valence-corrected chi connectivity index (χ2v) is 6.15. The SMILES string of the molecule is Cc1ccsc1C(N)c1ccccc1C1CCC1. The summed E-state index contributed by atoms with van der Waals surface area (Å²) < 4.78 is 0. The Morgan fingerprint density at radius 2 is 2.00 bits per heavy atom. The van der Waals surface area contributed by atoms with E-state index < -0.39 is 0 Å². The van der Waals surface area contributed by atoms with Crippen molar-refractivity contribution in [3.8, 4) is 0 Å². The van der Waals surface area contributed by atoms with Crippen LogP contribution in [0.1, 0.15) is 52.8 Å². The zero-order valence-corrected chi connectivity index (χ0v) is 11.5. The Morgan fingerprint density at radius 3 is 2.61 bits per heavy atom. The number of hydrogen-bond acceptors (Lipinski definition) is 2. The van der Waals surface area contributed by atoms with E-state index in [1.165, 1.54) is 40.8 Å². The Hall–Kier alpha value is -1.12. The van der Waals surface area contributed by atoms with Crippen LogP contribution in [-0.4, -0.2) is 0 Å². The molecular formula is C16H19NS. The van der Waals surface area contributed by atoms with Gasteiger partial charge in [0.1, 0.15) is 0 Å². The predicted molar refractivity (Wildman–Crippen MR) is 78.1 cm³/mol. The van der Waals surface area contributed by atoms with Gasteiger partial charge in [-0.1, -0.05) is 30.7 Å². The lowest BCUT2D eigenvalue weighted by Gasteiger charge is -2.29. The summed E-state index contributed by atoms with van der Waals surface area (Å²) in [4.78, 5) is 1.31. The molecule has 0 saturated heterocycles. The average Bonchev–Trinajstić information content (AvgIpc) is 2.73. The van der Waals surface area contributed by atoms with Gasteiger partial charge in [0, 0.05) is 4.88 Å². The fourth-order valence-electron chi connectivity index (χ4n) is 2.73. The molecule has 2 aromatic rings. The van der Waals surface area contributed by atoms with Gasteiger partial charge in [-0.3, -0.25) is 0 Å². The normalized spacial score (nSPS) is 17.4. The maximum atomic E-state index is 6.49. The predicted octanol–water partition coefficient (Wildman–Crippen LogP) is 4.37. The van der Waals surface area contributed by atoms with Crippen molar-refractivity contribution >= 4 is 11.3 Å². The van der Waals surface area contributed by atoms with Crippen LogP contribution < -0.4 is 5.73 Å². The van der Waals surface area contributed by atoms with Crippen LogP contribution in [-0.2, 0) is 0 Å². The van der Waals surface area contributed by atoms with Crippen molar-refractivity contribution in [1.29, 1.82) is 0 Å². The monoisotopic (exact) mass is 257 g/mol. The standard InChI is InChI=1S/C16H19NS/c1-11-9-10-18-16(11)15(17)14-8-3-2-7-13(14)12-5-4-6-12/h2-3,7-10,12,15H,4-6,17H2,1H3. The molecule has 3 rings (SSSR count). The molecule has 1 unspecified atom stereocenters. The molecule has 94 valence electrons. The summed E-state index contributed by atoms with van der Waals surface area (Å²) in [5.41, 5.74) is 10.6. The minimum Gasteiger partial charge on any atom is -0.320 e. The molecule has 1 fully saturated rings. The molecule has 0 radical (unpaired) electrons. The molecule has 2 N–H and O–H groups in total. The molecule has 1 aliphatic carbocycles. The van der Waals surface area contributed by atoms with Crippen molar-refractivity contribution in [2.24, 2.45) is 5.73 Å². The van der Waals surface area contributed by atoms with E-state index >= 15 is 0 Å². The summed E-state index contributed by atoms with van der Waals surface area (Å²) in [7, 11) is 0. The van der Waals surface area contributed by atoms with E-state index in [2.05, 4.69) is 42.6 Å². The van der Waals surface area contributed by atoms with Crippen molar-refractivity contribution in [3.63, 3.8) is 0 Å². The summed E-state index contributed by atoms with van der Waals surface area (Å²) in [6.45, 7) is 2.15. The lowest BCUT2D eigenvalue weighted by molar-refractivity contribution is 0.416. The highest BCUT2D eigenvalue weighted by Crippen LogP contribution is 2.40. The number of aryl methyl sites for hydroxylation is 1. The molecule has 1 aromatic carbocycles. The third-order valence-corrected chi connectivity index (χ3v) is 5.16.